The van der Waals surface area contributed by atoms with Gasteiger partial charge in [0.15, 0.2) is 0 Å². The Morgan fingerprint density at radius 3 is 3.05 bits per heavy atom. The zero-order chi connectivity index (χ0) is 13.7. The van der Waals surface area contributed by atoms with Crippen molar-refractivity contribution in [3.63, 3.8) is 0 Å². The van der Waals surface area contributed by atoms with Crippen LogP contribution in [0.2, 0.25) is 0 Å². The molecule has 1 N–H and O–H groups in total. The van der Waals surface area contributed by atoms with Gasteiger partial charge in [0.1, 0.15) is 11.6 Å². The minimum absolute atomic E-state index is 0.272. The van der Waals surface area contributed by atoms with Crippen LogP contribution in [-0.4, -0.2) is 37.8 Å². The number of hydrogen-bond donors (Lipinski definition) is 1. The van der Waals surface area contributed by atoms with Gasteiger partial charge in [-0.2, -0.15) is 0 Å². The summed E-state index contributed by atoms with van der Waals surface area (Å²) >= 11 is 0. The number of halogens is 1. The average Bonchev–Trinajstić information content (AvgIpc) is 2.90. The van der Waals surface area contributed by atoms with Gasteiger partial charge in [0, 0.05) is 31.8 Å². The van der Waals surface area contributed by atoms with Gasteiger partial charge in [-0.15, -0.1) is 0 Å². The van der Waals surface area contributed by atoms with Gasteiger partial charge in [0.25, 0.3) is 0 Å². The average molecular weight is 267 g/mol. The zero-order valence-corrected chi connectivity index (χ0v) is 11.7. The van der Waals surface area contributed by atoms with Crippen molar-refractivity contribution in [1.29, 1.82) is 0 Å². The molecule has 1 aliphatic rings. The van der Waals surface area contributed by atoms with Crippen LogP contribution in [0.4, 0.5) is 10.2 Å². The fourth-order valence-corrected chi connectivity index (χ4v) is 2.48. The highest BCUT2D eigenvalue weighted by Gasteiger charge is 2.21. The lowest BCUT2D eigenvalue weighted by molar-refractivity contribution is 0.115. The minimum atomic E-state index is -0.290. The highest BCUT2D eigenvalue weighted by Crippen LogP contribution is 2.21. The molecule has 0 amide bonds. The maximum absolute atomic E-state index is 13.3. The minimum Gasteiger partial charge on any atom is -0.376 e. The lowest BCUT2D eigenvalue weighted by Gasteiger charge is -2.27. The van der Waals surface area contributed by atoms with Gasteiger partial charge in [-0.3, -0.25) is 0 Å². The maximum atomic E-state index is 13.3. The van der Waals surface area contributed by atoms with Crippen LogP contribution in [0.5, 0.6) is 0 Å². The molecule has 5 heteroatoms. The van der Waals surface area contributed by atoms with Crippen LogP contribution in [0, 0.1) is 5.82 Å². The number of nitrogens with zero attached hydrogens (tertiary/aromatic N) is 2. The topological polar surface area (TPSA) is 37.4 Å². The molecule has 1 atom stereocenters. The molecule has 0 aromatic carbocycles. The summed E-state index contributed by atoms with van der Waals surface area (Å²) in [6.07, 6.45) is 3.78. The number of likely N-dealkylation sites (N-methyl/N-ethyl adjacent to an activating group) is 1. The number of rotatable bonds is 6. The Morgan fingerprint density at radius 2 is 2.42 bits per heavy atom. The van der Waals surface area contributed by atoms with Crippen molar-refractivity contribution in [1.82, 2.24) is 10.3 Å². The second kappa shape index (κ2) is 6.82. The molecule has 106 valence electrons. The Labute approximate surface area is 114 Å². The lowest BCUT2D eigenvalue weighted by atomic mass is 10.2. The molecule has 1 fully saturated rings. The molecule has 1 aliphatic heterocycles. The second-order valence-electron chi connectivity index (χ2n) is 4.84. The second-order valence-corrected chi connectivity index (χ2v) is 4.84. The molecule has 1 saturated heterocycles. The zero-order valence-electron chi connectivity index (χ0n) is 11.7. The fourth-order valence-electron chi connectivity index (χ4n) is 2.48. The highest BCUT2D eigenvalue weighted by molar-refractivity contribution is 5.47. The summed E-state index contributed by atoms with van der Waals surface area (Å²) in [5.41, 5.74) is 0.891. The van der Waals surface area contributed by atoms with E-state index in [4.69, 9.17) is 4.74 Å². The van der Waals surface area contributed by atoms with Gasteiger partial charge in [0.2, 0.25) is 0 Å². The van der Waals surface area contributed by atoms with E-state index in [9.17, 15) is 4.39 Å². The number of anilines is 1. The Bertz CT molecular complexity index is 408. The molecule has 4 nitrogen and oxygen atoms in total. The first-order valence-electron chi connectivity index (χ1n) is 6.90. The molecule has 0 saturated carbocycles. The first-order chi connectivity index (χ1) is 9.24. The van der Waals surface area contributed by atoms with E-state index in [1.54, 1.807) is 6.07 Å². The van der Waals surface area contributed by atoms with Crippen LogP contribution < -0.4 is 10.2 Å². The van der Waals surface area contributed by atoms with E-state index in [0.717, 1.165) is 43.9 Å². The Morgan fingerprint density at radius 1 is 1.58 bits per heavy atom. The van der Waals surface area contributed by atoms with Crippen molar-refractivity contribution < 1.29 is 9.13 Å². The normalized spacial score (nSPS) is 18.8. The fraction of sp³-hybridized carbons (Fsp3) is 0.643. The first kappa shape index (κ1) is 14.2. The largest absolute Gasteiger partial charge is 0.376 e. The molecule has 1 aromatic rings. The predicted octanol–water partition coefficient (Wildman–Crippen LogP) is 1.95. The first-order valence-corrected chi connectivity index (χ1v) is 6.90. The van der Waals surface area contributed by atoms with Crippen molar-refractivity contribution in [2.24, 2.45) is 0 Å². The van der Waals surface area contributed by atoms with Gasteiger partial charge < -0.3 is 15.0 Å². The van der Waals surface area contributed by atoms with Crippen LogP contribution in [0.1, 0.15) is 25.3 Å². The summed E-state index contributed by atoms with van der Waals surface area (Å²) < 4.78 is 19.0. The molecule has 1 aromatic heterocycles. The third kappa shape index (κ3) is 3.64. The van der Waals surface area contributed by atoms with Gasteiger partial charge in [-0.05, 0) is 32.9 Å². The van der Waals surface area contributed by atoms with Crippen molar-refractivity contribution in [2.75, 3.05) is 31.6 Å². The summed E-state index contributed by atoms with van der Waals surface area (Å²) in [6, 6.07) is 1.55. The Hall–Kier alpha value is -1.20. The standard InChI is InChI=1S/C14H22FN3O/c1-3-18(10-13-5-4-6-19-13)14-11(8-16-2)7-12(15)9-17-14/h7,9,13,16H,3-6,8,10H2,1-2H3. The summed E-state index contributed by atoms with van der Waals surface area (Å²) in [7, 11) is 1.85. The Balaban J connectivity index is 2.16. The smallest absolute Gasteiger partial charge is 0.141 e. The number of ether oxygens (including phenoxy) is 1. The summed E-state index contributed by atoms with van der Waals surface area (Å²) in [5, 5.41) is 3.06. The van der Waals surface area contributed by atoms with E-state index < -0.39 is 0 Å². The SMILES string of the molecule is CCN(CC1CCCO1)c1ncc(F)cc1CNC. The molecular formula is C14H22FN3O. The molecule has 2 rings (SSSR count). The van der Waals surface area contributed by atoms with Crippen molar-refractivity contribution in [2.45, 2.75) is 32.4 Å². The number of aromatic nitrogens is 1. The number of hydrogen-bond acceptors (Lipinski definition) is 4. The Kier molecular flexibility index (Phi) is 5.10. The predicted molar refractivity (Wildman–Crippen MR) is 73.8 cm³/mol. The van der Waals surface area contributed by atoms with E-state index in [1.807, 2.05) is 7.05 Å². The molecular weight excluding hydrogens is 245 g/mol. The van der Waals surface area contributed by atoms with Crippen molar-refractivity contribution >= 4 is 5.82 Å². The molecule has 19 heavy (non-hydrogen) atoms. The summed E-state index contributed by atoms with van der Waals surface area (Å²) in [6.45, 7) is 5.22. The van der Waals surface area contributed by atoms with E-state index in [2.05, 4.69) is 22.1 Å². The number of pyridine rings is 1. The quantitative estimate of drug-likeness (QED) is 0.855. The van der Waals surface area contributed by atoms with Gasteiger partial charge >= 0.3 is 0 Å². The molecule has 0 radical (unpaired) electrons. The highest BCUT2D eigenvalue weighted by atomic mass is 19.1. The van der Waals surface area contributed by atoms with Gasteiger partial charge in [-0.1, -0.05) is 0 Å². The monoisotopic (exact) mass is 267 g/mol. The molecule has 0 bridgehead atoms. The van der Waals surface area contributed by atoms with Crippen LogP contribution in [0.15, 0.2) is 12.3 Å². The number of nitrogens with one attached hydrogen (secondary N) is 1. The van der Waals surface area contributed by atoms with E-state index in [1.165, 1.54) is 6.20 Å². The lowest BCUT2D eigenvalue weighted by Crippen LogP contribution is -2.33. The summed E-state index contributed by atoms with van der Waals surface area (Å²) in [4.78, 5) is 6.43. The van der Waals surface area contributed by atoms with Gasteiger partial charge in [-0.25, -0.2) is 9.37 Å². The molecule has 0 spiro atoms. The third-order valence-corrected chi connectivity index (χ3v) is 3.41. The third-order valence-electron chi connectivity index (χ3n) is 3.41. The van der Waals surface area contributed by atoms with E-state index >= 15 is 0 Å². The van der Waals surface area contributed by atoms with E-state index in [-0.39, 0.29) is 11.9 Å². The van der Waals surface area contributed by atoms with Crippen LogP contribution in [0.25, 0.3) is 0 Å². The summed E-state index contributed by atoms with van der Waals surface area (Å²) in [5.74, 6) is 0.566. The van der Waals surface area contributed by atoms with Crippen LogP contribution >= 0.6 is 0 Å². The van der Waals surface area contributed by atoms with Crippen molar-refractivity contribution in [3.05, 3.63) is 23.6 Å². The molecule has 1 unspecified atom stereocenters. The molecule has 0 aliphatic carbocycles. The van der Waals surface area contributed by atoms with Gasteiger partial charge in [0.05, 0.1) is 12.3 Å². The maximum Gasteiger partial charge on any atom is 0.141 e. The molecule has 2 heterocycles. The van der Waals surface area contributed by atoms with E-state index in [0.29, 0.717) is 6.54 Å². The van der Waals surface area contributed by atoms with Crippen LogP contribution in [0.3, 0.4) is 0 Å². The van der Waals surface area contributed by atoms with Crippen LogP contribution in [-0.2, 0) is 11.3 Å². The van der Waals surface area contributed by atoms with Crippen molar-refractivity contribution in [3.8, 4) is 0 Å².